The Hall–Kier alpha value is -4.78. The van der Waals surface area contributed by atoms with Gasteiger partial charge in [-0.2, -0.15) is 5.10 Å². The van der Waals surface area contributed by atoms with Gasteiger partial charge in [0, 0.05) is 18.7 Å². The van der Waals surface area contributed by atoms with Crippen LogP contribution in [0.15, 0.2) is 84.5 Å². The molecule has 2 saturated carbocycles. The summed E-state index contributed by atoms with van der Waals surface area (Å²) in [6, 6.07) is 22.1. The van der Waals surface area contributed by atoms with E-state index < -0.39 is 0 Å². The number of hydrogen-bond acceptors (Lipinski definition) is 12. The van der Waals surface area contributed by atoms with Crippen LogP contribution in [-0.2, 0) is 23.8 Å². The summed E-state index contributed by atoms with van der Waals surface area (Å²) >= 11 is 1.62. The average Bonchev–Trinajstić information content (AvgIpc) is 3.75. The van der Waals surface area contributed by atoms with E-state index in [-0.39, 0.29) is 17.9 Å². The molecule has 1 heterocycles. The lowest BCUT2D eigenvalue weighted by Crippen LogP contribution is -2.27. The highest BCUT2D eigenvalue weighted by Crippen LogP contribution is 2.39. The first-order valence-electron chi connectivity index (χ1n) is 23.2. The molecular weight excluding hydrogens is 815 g/mol. The van der Waals surface area contributed by atoms with Gasteiger partial charge in [-0.3, -0.25) is 4.79 Å². The van der Waals surface area contributed by atoms with Gasteiger partial charge in [0.25, 0.3) is 0 Å². The Morgan fingerprint density at radius 3 is 2.32 bits per heavy atom. The number of carbonyl (C=O) groups is 2. The Morgan fingerprint density at radius 1 is 0.825 bits per heavy atom. The zero-order chi connectivity index (χ0) is 44.1. The minimum atomic E-state index is -0.383. The van der Waals surface area contributed by atoms with Crippen LogP contribution in [0.2, 0.25) is 0 Å². The number of methoxy groups -OCH3 is 1. The average molecular weight is 882 g/mol. The second-order valence-corrected chi connectivity index (χ2v) is 17.8. The van der Waals surface area contributed by atoms with E-state index in [1.807, 2.05) is 41.6 Å². The van der Waals surface area contributed by atoms with E-state index in [0.29, 0.717) is 63.8 Å². The second kappa shape index (κ2) is 26.1. The molecule has 1 aromatic heterocycles. The van der Waals surface area contributed by atoms with Gasteiger partial charge in [-0.05, 0) is 149 Å². The third-order valence-corrected chi connectivity index (χ3v) is 13.2. The predicted molar refractivity (Wildman–Crippen MR) is 251 cm³/mol. The first-order chi connectivity index (χ1) is 30.9. The molecule has 0 spiro atoms. The number of hydrazone groups is 1. The number of rotatable bonds is 26. The lowest BCUT2D eigenvalue weighted by molar-refractivity contribution is -0.140. The van der Waals surface area contributed by atoms with Crippen molar-refractivity contribution >= 4 is 44.8 Å². The van der Waals surface area contributed by atoms with Crippen molar-refractivity contribution in [1.82, 2.24) is 4.98 Å². The Bertz CT molecular complexity index is 1990. The molecule has 0 amide bonds. The number of para-hydroxylation sites is 1. The smallest absolute Gasteiger partial charge is 0.330 e. The van der Waals surface area contributed by atoms with Gasteiger partial charge in [0.2, 0.25) is 5.13 Å². The summed E-state index contributed by atoms with van der Waals surface area (Å²) in [4.78, 5) is 29.2. The zero-order valence-electron chi connectivity index (χ0n) is 37.4. The number of carbonyl (C=O) groups excluding carboxylic acids is 2. The maximum atomic E-state index is 13.2. The third-order valence-electron chi connectivity index (χ3n) is 12.2. The van der Waals surface area contributed by atoms with Gasteiger partial charge in [-0.1, -0.05) is 55.9 Å². The number of hydrogen-bond donors (Lipinski definition) is 0. The topological polar surface area (TPSA) is 118 Å². The number of ether oxygens (including phenoxy) is 6. The van der Waals surface area contributed by atoms with E-state index in [1.54, 1.807) is 30.6 Å². The third kappa shape index (κ3) is 15.5. The Labute approximate surface area is 378 Å². The normalized spacial score (nSPS) is 18.9. The maximum absolute atomic E-state index is 13.2. The van der Waals surface area contributed by atoms with Crippen molar-refractivity contribution in [3.05, 3.63) is 90.5 Å². The van der Waals surface area contributed by atoms with Gasteiger partial charge in [-0.25, -0.2) is 14.8 Å². The summed E-state index contributed by atoms with van der Waals surface area (Å²) in [7, 11) is 1.68. The molecule has 11 nitrogen and oxygen atoms in total. The SMILES string of the molecule is C=CC(=O)OCCCCCCOc1ccc(OC(=O)C2CCC(COc3ccc(C4CCC(CCC)CC4)cc3/C=N/N(CCOCCOC)c3nc4ccccc4s3)CC2)cc1. The van der Waals surface area contributed by atoms with Crippen LogP contribution in [0, 0.1) is 17.8 Å². The standard InChI is InChI=1S/C51H67N3O8S/c1-4-12-38-15-19-40(20-16-38)42-23-28-47(43(35-42)36-52-54(29-32-58-34-33-57-3)51-53-46-13-8-9-14-48(46)63-51)61-37-39-17-21-41(22-18-39)50(56)62-45-26-24-44(25-27-45)59-30-10-6-7-11-31-60-49(55)5-2/h5,8-9,13-14,23-28,35-36,38-41H,2,4,6-7,10-12,15-22,29-34,37H2,1,3H3/b52-36+. The number of thiazole rings is 1. The molecule has 6 rings (SSSR count). The number of nitrogens with zero attached hydrogens (tertiary/aromatic N) is 3. The summed E-state index contributed by atoms with van der Waals surface area (Å²) < 4.78 is 35.5. The Kier molecular flexibility index (Phi) is 19.8. The van der Waals surface area contributed by atoms with Crippen LogP contribution in [0.3, 0.4) is 0 Å². The molecule has 0 aliphatic heterocycles. The van der Waals surface area contributed by atoms with Crippen LogP contribution in [0.5, 0.6) is 17.2 Å². The van der Waals surface area contributed by atoms with E-state index >= 15 is 0 Å². The lowest BCUT2D eigenvalue weighted by atomic mass is 9.77. The molecule has 0 atom stereocenters. The summed E-state index contributed by atoms with van der Waals surface area (Å²) in [5.41, 5.74) is 3.26. The molecule has 340 valence electrons. The van der Waals surface area contributed by atoms with Gasteiger partial charge in [0.1, 0.15) is 17.2 Å². The van der Waals surface area contributed by atoms with Crippen LogP contribution >= 0.6 is 11.3 Å². The van der Waals surface area contributed by atoms with E-state index in [0.717, 1.165) is 89.7 Å². The van der Waals surface area contributed by atoms with Crippen molar-refractivity contribution in [2.45, 2.75) is 103 Å². The van der Waals surface area contributed by atoms with Crippen LogP contribution < -0.4 is 19.2 Å². The van der Waals surface area contributed by atoms with E-state index in [2.05, 4.69) is 37.8 Å². The molecule has 12 heteroatoms. The van der Waals surface area contributed by atoms with Crippen molar-refractivity contribution in [2.75, 3.05) is 58.3 Å². The number of unbranched alkanes of at least 4 members (excludes halogenated alkanes) is 3. The van der Waals surface area contributed by atoms with E-state index in [1.165, 1.54) is 50.2 Å². The van der Waals surface area contributed by atoms with E-state index in [9.17, 15) is 9.59 Å². The number of aromatic nitrogens is 1. The predicted octanol–water partition coefficient (Wildman–Crippen LogP) is 11.3. The molecule has 63 heavy (non-hydrogen) atoms. The molecular formula is C51H67N3O8S. The highest BCUT2D eigenvalue weighted by atomic mass is 32.1. The minimum absolute atomic E-state index is 0.140. The molecule has 0 saturated heterocycles. The Balaban J connectivity index is 1.02. The maximum Gasteiger partial charge on any atom is 0.330 e. The molecule has 3 aromatic carbocycles. The minimum Gasteiger partial charge on any atom is -0.494 e. The van der Waals surface area contributed by atoms with Crippen molar-refractivity contribution in [2.24, 2.45) is 22.9 Å². The highest BCUT2D eigenvalue weighted by molar-refractivity contribution is 7.22. The first kappa shape index (κ1) is 47.7. The molecule has 0 radical (unpaired) electrons. The molecule has 4 aromatic rings. The van der Waals surface area contributed by atoms with Crippen LogP contribution in [0.4, 0.5) is 5.13 Å². The summed E-state index contributed by atoms with van der Waals surface area (Å²) in [5, 5.41) is 7.81. The van der Waals surface area contributed by atoms with Crippen LogP contribution in [0.1, 0.15) is 114 Å². The molecule has 2 aliphatic carbocycles. The number of esters is 2. The monoisotopic (exact) mass is 881 g/mol. The molecule has 2 fully saturated rings. The Morgan fingerprint density at radius 2 is 1.57 bits per heavy atom. The first-order valence-corrected chi connectivity index (χ1v) is 24.0. The number of anilines is 1. The summed E-state index contributed by atoms with van der Waals surface area (Å²) in [6.07, 6.45) is 17.7. The fourth-order valence-electron chi connectivity index (χ4n) is 8.50. The van der Waals surface area contributed by atoms with Crippen molar-refractivity contribution in [3.63, 3.8) is 0 Å². The van der Waals surface area contributed by atoms with Gasteiger partial charge in [-0.15, -0.1) is 0 Å². The highest BCUT2D eigenvalue weighted by Gasteiger charge is 2.29. The largest absolute Gasteiger partial charge is 0.494 e. The molecule has 0 bridgehead atoms. The van der Waals surface area contributed by atoms with Gasteiger partial charge < -0.3 is 28.4 Å². The van der Waals surface area contributed by atoms with Crippen LogP contribution in [0.25, 0.3) is 10.2 Å². The van der Waals surface area contributed by atoms with Gasteiger partial charge in [0.05, 0.1) is 68.5 Å². The van der Waals surface area contributed by atoms with E-state index in [4.69, 9.17) is 38.5 Å². The molecule has 0 unspecified atom stereocenters. The molecule has 0 N–H and O–H groups in total. The number of benzene rings is 3. The second-order valence-electron chi connectivity index (χ2n) is 16.8. The lowest BCUT2D eigenvalue weighted by Gasteiger charge is -2.29. The summed E-state index contributed by atoms with van der Waals surface area (Å²) in [6.45, 7) is 9.36. The number of fused-ring (bicyclic) bond motifs is 1. The van der Waals surface area contributed by atoms with Gasteiger partial charge >= 0.3 is 11.9 Å². The zero-order valence-corrected chi connectivity index (χ0v) is 38.2. The quantitative estimate of drug-likeness (QED) is 0.0151. The van der Waals surface area contributed by atoms with Gasteiger partial charge in [0.15, 0.2) is 0 Å². The fraction of sp³-hybridized carbons (Fsp3) is 0.529. The van der Waals surface area contributed by atoms with Crippen LogP contribution in [-0.4, -0.2) is 76.4 Å². The fourth-order valence-corrected chi connectivity index (χ4v) is 9.45. The van der Waals surface area contributed by atoms with Crippen molar-refractivity contribution in [3.8, 4) is 17.2 Å². The van der Waals surface area contributed by atoms with Crippen molar-refractivity contribution in [1.29, 1.82) is 0 Å². The summed E-state index contributed by atoms with van der Waals surface area (Å²) in [5.74, 6) is 3.09. The molecule has 2 aliphatic rings. The van der Waals surface area contributed by atoms with Crippen molar-refractivity contribution < 1.29 is 38.0 Å².